The molecule has 1 N–H and O–H groups in total. The molecule has 0 spiro atoms. The van der Waals surface area contributed by atoms with Crippen LogP contribution in [0, 0.1) is 0 Å². The minimum atomic E-state index is 0.221. The Balaban J connectivity index is 1.92. The van der Waals surface area contributed by atoms with Gasteiger partial charge in [-0.15, -0.1) is 0 Å². The van der Waals surface area contributed by atoms with Crippen LogP contribution in [0.25, 0.3) is 11.4 Å². The van der Waals surface area contributed by atoms with Crippen LogP contribution >= 0.6 is 15.9 Å². The van der Waals surface area contributed by atoms with E-state index in [0.717, 1.165) is 29.4 Å². The SMILES string of the molecule is Brc1ccccc1-c1noc([C@H]2CCCN2)n1. The van der Waals surface area contributed by atoms with E-state index in [1.807, 2.05) is 24.3 Å². The summed E-state index contributed by atoms with van der Waals surface area (Å²) in [6.07, 6.45) is 2.23. The highest BCUT2D eigenvalue weighted by atomic mass is 79.9. The van der Waals surface area contributed by atoms with Gasteiger partial charge < -0.3 is 9.84 Å². The van der Waals surface area contributed by atoms with Crippen LogP contribution in [0.5, 0.6) is 0 Å². The molecule has 17 heavy (non-hydrogen) atoms. The molecule has 0 bridgehead atoms. The lowest BCUT2D eigenvalue weighted by atomic mass is 10.2. The minimum Gasteiger partial charge on any atom is -0.337 e. The van der Waals surface area contributed by atoms with E-state index >= 15 is 0 Å². The molecule has 5 heteroatoms. The lowest BCUT2D eigenvalue weighted by molar-refractivity contribution is 0.345. The molecule has 1 fully saturated rings. The number of nitrogens with one attached hydrogen (secondary N) is 1. The Morgan fingerprint density at radius 3 is 3.00 bits per heavy atom. The third-order valence-corrected chi connectivity index (χ3v) is 3.61. The maximum absolute atomic E-state index is 5.31. The van der Waals surface area contributed by atoms with Gasteiger partial charge in [0.2, 0.25) is 11.7 Å². The maximum Gasteiger partial charge on any atom is 0.244 e. The molecule has 1 aromatic heterocycles. The Hall–Kier alpha value is -1.20. The van der Waals surface area contributed by atoms with Gasteiger partial charge in [-0.3, -0.25) is 0 Å². The normalized spacial score (nSPS) is 19.7. The van der Waals surface area contributed by atoms with E-state index in [1.54, 1.807) is 0 Å². The van der Waals surface area contributed by atoms with Gasteiger partial charge >= 0.3 is 0 Å². The Morgan fingerprint density at radius 1 is 1.35 bits per heavy atom. The van der Waals surface area contributed by atoms with E-state index < -0.39 is 0 Å². The highest BCUT2D eigenvalue weighted by Crippen LogP contribution is 2.28. The summed E-state index contributed by atoms with van der Waals surface area (Å²) in [5, 5.41) is 7.38. The van der Waals surface area contributed by atoms with Gasteiger partial charge in [0, 0.05) is 10.0 Å². The Kier molecular flexibility index (Phi) is 2.94. The summed E-state index contributed by atoms with van der Waals surface area (Å²) in [6, 6.07) is 8.09. The van der Waals surface area contributed by atoms with E-state index in [-0.39, 0.29) is 6.04 Å². The lowest BCUT2D eigenvalue weighted by Gasteiger charge is -2.01. The highest BCUT2D eigenvalue weighted by Gasteiger charge is 2.22. The Bertz CT molecular complexity index is 520. The quantitative estimate of drug-likeness (QED) is 0.925. The van der Waals surface area contributed by atoms with Crippen LogP contribution in [-0.2, 0) is 0 Å². The van der Waals surface area contributed by atoms with Crippen molar-refractivity contribution in [2.75, 3.05) is 6.54 Å². The van der Waals surface area contributed by atoms with Crippen LogP contribution in [-0.4, -0.2) is 16.7 Å². The van der Waals surface area contributed by atoms with Crippen LogP contribution in [0.2, 0.25) is 0 Å². The summed E-state index contributed by atoms with van der Waals surface area (Å²) in [4.78, 5) is 4.45. The highest BCUT2D eigenvalue weighted by molar-refractivity contribution is 9.10. The molecule has 88 valence electrons. The van der Waals surface area contributed by atoms with E-state index in [2.05, 4.69) is 31.4 Å². The predicted molar refractivity (Wildman–Crippen MR) is 67.4 cm³/mol. The zero-order valence-electron chi connectivity index (χ0n) is 9.19. The molecule has 1 aliphatic rings. The fourth-order valence-electron chi connectivity index (χ4n) is 2.02. The number of hydrogen-bond donors (Lipinski definition) is 1. The molecule has 0 aliphatic carbocycles. The lowest BCUT2D eigenvalue weighted by Crippen LogP contribution is -2.12. The van der Waals surface area contributed by atoms with Crippen molar-refractivity contribution in [1.82, 2.24) is 15.5 Å². The molecule has 3 rings (SSSR count). The maximum atomic E-state index is 5.31. The van der Waals surface area contributed by atoms with Crippen molar-refractivity contribution in [2.24, 2.45) is 0 Å². The van der Waals surface area contributed by atoms with Crippen LogP contribution in [0.3, 0.4) is 0 Å². The Morgan fingerprint density at radius 2 is 2.24 bits per heavy atom. The molecule has 0 amide bonds. The first-order valence-corrected chi connectivity index (χ1v) is 6.46. The first-order chi connectivity index (χ1) is 8.34. The second-order valence-corrected chi connectivity index (χ2v) is 4.94. The number of benzene rings is 1. The largest absolute Gasteiger partial charge is 0.337 e. The summed E-state index contributed by atoms with van der Waals surface area (Å²) in [6.45, 7) is 1.03. The van der Waals surface area contributed by atoms with Crippen molar-refractivity contribution < 1.29 is 4.52 Å². The molecule has 1 aliphatic heterocycles. The van der Waals surface area contributed by atoms with Crippen LogP contribution in [0.4, 0.5) is 0 Å². The average molecular weight is 294 g/mol. The summed E-state index contributed by atoms with van der Waals surface area (Å²) < 4.78 is 6.29. The summed E-state index contributed by atoms with van der Waals surface area (Å²) in [7, 11) is 0. The van der Waals surface area contributed by atoms with Crippen molar-refractivity contribution in [1.29, 1.82) is 0 Å². The second kappa shape index (κ2) is 4.58. The zero-order valence-corrected chi connectivity index (χ0v) is 10.8. The van der Waals surface area contributed by atoms with E-state index in [1.165, 1.54) is 0 Å². The van der Waals surface area contributed by atoms with Gasteiger partial charge in [-0.05, 0) is 31.5 Å². The molecular weight excluding hydrogens is 282 g/mol. The molecule has 4 nitrogen and oxygen atoms in total. The van der Waals surface area contributed by atoms with Crippen molar-refractivity contribution in [3.63, 3.8) is 0 Å². The number of rotatable bonds is 2. The van der Waals surface area contributed by atoms with Gasteiger partial charge in [0.15, 0.2) is 0 Å². The van der Waals surface area contributed by atoms with Crippen molar-refractivity contribution in [3.8, 4) is 11.4 Å². The molecule has 2 aromatic rings. The minimum absolute atomic E-state index is 0.221. The molecule has 1 aromatic carbocycles. The number of nitrogens with zero attached hydrogens (tertiary/aromatic N) is 2. The van der Waals surface area contributed by atoms with Gasteiger partial charge in [-0.2, -0.15) is 4.98 Å². The van der Waals surface area contributed by atoms with E-state index in [4.69, 9.17) is 4.52 Å². The van der Waals surface area contributed by atoms with Crippen molar-refractivity contribution >= 4 is 15.9 Å². The molecular formula is C12H12BrN3O. The van der Waals surface area contributed by atoms with Gasteiger partial charge in [0.1, 0.15) is 0 Å². The predicted octanol–water partition coefficient (Wildman–Crippen LogP) is 2.92. The number of halogens is 1. The second-order valence-electron chi connectivity index (χ2n) is 4.09. The number of aromatic nitrogens is 2. The molecule has 1 saturated heterocycles. The monoisotopic (exact) mass is 293 g/mol. The van der Waals surface area contributed by atoms with Crippen LogP contribution in [0.15, 0.2) is 33.3 Å². The third kappa shape index (κ3) is 2.12. The topological polar surface area (TPSA) is 51.0 Å². The van der Waals surface area contributed by atoms with Gasteiger partial charge in [-0.1, -0.05) is 33.2 Å². The first kappa shape index (κ1) is 10.9. The average Bonchev–Trinajstić information content (AvgIpc) is 3.00. The summed E-state index contributed by atoms with van der Waals surface area (Å²) >= 11 is 3.49. The molecule has 2 heterocycles. The standard InChI is InChI=1S/C12H12BrN3O/c13-9-5-2-1-4-8(9)11-15-12(17-16-11)10-6-3-7-14-10/h1-2,4-5,10,14H,3,6-7H2/t10-/m1/s1. The summed E-state index contributed by atoms with van der Waals surface area (Å²) in [5.41, 5.74) is 0.959. The summed E-state index contributed by atoms with van der Waals surface area (Å²) in [5.74, 6) is 1.33. The zero-order chi connectivity index (χ0) is 11.7. The van der Waals surface area contributed by atoms with Gasteiger partial charge in [-0.25, -0.2) is 0 Å². The Labute approximate surface area is 108 Å². The molecule has 1 atom stereocenters. The van der Waals surface area contributed by atoms with Gasteiger partial charge in [0.05, 0.1) is 6.04 Å². The molecule has 0 saturated carbocycles. The van der Waals surface area contributed by atoms with Crippen LogP contribution < -0.4 is 5.32 Å². The van der Waals surface area contributed by atoms with E-state index in [0.29, 0.717) is 11.7 Å². The van der Waals surface area contributed by atoms with Crippen molar-refractivity contribution in [2.45, 2.75) is 18.9 Å². The van der Waals surface area contributed by atoms with Gasteiger partial charge in [0.25, 0.3) is 0 Å². The molecule has 0 radical (unpaired) electrons. The fraction of sp³-hybridized carbons (Fsp3) is 0.333. The third-order valence-electron chi connectivity index (χ3n) is 2.91. The molecule has 0 unspecified atom stereocenters. The smallest absolute Gasteiger partial charge is 0.244 e. The fourth-order valence-corrected chi connectivity index (χ4v) is 2.49. The van der Waals surface area contributed by atoms with E-state index in [9.17, 15) is 0 Å². The number of hydrogen-bond acceptors (Lipinski definition) is 4. The van der Waals surface area contributed by atoms with Crippen LogP contribution in [0.1, 0.15) is 24.8 Å². The first-order valence-electron chi connectivity index (χ1n) is 5.66. The van der Waals surface area contributed by atoms with Crippen molar-refractivity contribution in [3.05, 3.63) is 34.6 Å².